The molecule has 2 rings (SSSR count). The molecule has 0 saturated heterocycles. The number of nitrogens with one attached hydrogen (secondary N) is 1. The number of rotatable bonds is 3. The van der Waals surface area contributed by atoms with Crippen molar-refractivity contribution in [3.8, 4) is 6.07 Å². The van der Waals surface area contributed by atoms with Gasteiger partial charge in [-0.1, -0.05) is 0 Å². The molecule has 0 saturated carbocycles. The maximum absolute atomic E-state index is 9.11. The molecular weight excluding hydrogens is 234 g/mol. The highest BCUT2D eigenvalue weighted by atomic mass is 32.1. The lowest BCUT2D eigenvalue weighted by atomic mass is 10.1. The van der Waals surface area contributed by atoms with Crippen molar-refractivity contribution in [3.63, 3.8) is 0 Å². The number of hydrogen-bond acceptors (Lipinski definition) is 6. The van der Waals surface area contributed by atoms with E-state index in [9.17, 15) is 0 Å². The summed E-state index contributed by atoms with van der Waals surface area (Å²) < 4.78 is 0. The minimum absolute atomic E-state index is 0.517. The van der Waals surface area contributed by atoms with Crippen LogP contribution in [0.15, 0.2) is 10.9 Å². The van der Waals surface area contributed by atoms with Crippen molar-refractivity contribution in [2.45, 2.75) is 20.4 Å². The van der Waals surface area contributed by atoms with Gasteiger partial charge in [-0.25, -0.2) is 4.98 Å². The van der Waals surface area contributed by atoms with Gasteiger partial charge in [0, 0.05) is 5.38 Å². The van der Waals surface area contributed by atoms with Gasteiger partial charge in [-0.2, -0.15) is 10.4 Å². The highest BCUT2D eigenvalue weighted by Crippen LogP contribution is 2.17. The fourth-order valence-electron chi connectivity index (χ4n) is 1.37. The molecule has 0 aliphatic heterocycles. The number of nitrogens with zero attached hydrogens (tertiary/aromatic N) is 4. The second kappa shape index (κ2) is 4.89. The van der Waals surface area contributed by atoms with E-state index in [4.69, 9.17) is 5.26 Å². The molecule has 0 spiro atoms. The van der Waals surface area contributed by atoms with E-state index >= 15 is 0 Å². The van der Waals surface area contributed by atoms with E-state index in [-0.39, 0.29) is 0 Å². The van der Waals surface area contributed by atoms with Crippen LogP contribution in [0.4, 0.5) is 5.82 Å². The number of aryl methyl sites for hydroxylation is 1. The molecule has 0 radical (unpaired) electrons. The summed E-state index contributed by atoms with van der Waals surface area (Å²) in [6, 6.07) is 2.15. The lowest BCUT2D eigenvalue weighted by molar-refractivity contribution is 0.935. The smallest absolute Gasteiger partial charge is 0.167 e. The van der Waals surface area contributed by atoms with Crippen LogP contribution in [-0.4, -0.2) is 15.2 Å². The molecule has 86 valence electrons. The van der Waals surface area contributed by atoms with Gasteiger partial charge in [-0.05, 0) is 19.4 Å². The Bertz CT molecular complexity index is 556. The lowest BCUT2D eigenvalue weighted by Gasteiger charge is -2.08. The van der Waals surface area contributed by atoms with Gasteiger partial charge in [0.2, 0.25) is 0 Å². The zero-order chi connectivity index (χ0) is 12.3. The maximum atomic E-state index is 9.11. The summed E-state index contributed by atoms with van der Waals surface area (Å²) in [5.41, 5.74) is 4.89. The second-order valence-corrected chi connectivity index (χ2v) is 4.30. The number of thiazole rings is 1. The van der Waals surface area contributed by atoms with Crippen LogP contribution < -0.4 is 5.32 Å². The first-order valence-electron chi connectivity index (χ1n) is 5.07. The molecule has 0 aliphatic carbocycles. The van der Waals surface area contributed by atoms with Crippen LogP contribution in [0.3, 0.4) is 0 Å². The lowest BCUT2D eigenvalue weighted by Crippen LogP contribution is -2.07. The van der Waals surface area contributed by atoms with Crippen LogP contribution in [-0.2, 0) is 6.54 Å². The van der Waals surface area contributed by atoms with Crippen molar-refractivity contribution >= 4 is 17.2 Å². The highest BCUT2D eigenvalue weighted by Gasteiger charge is 2.10. The molecule has 0 aliphatic rings. The van der Waals surface area contributed by atoms with E-state index in [1.807, 2.05) is 19.2 Å². The van der Waals surface area contributed by atoms with Crippen molar-refractivity contribution in [1.82, 2.24) is 15.2 Å². The van der Waals surface area contributed by atoms with E-state index in [0.29, 0.717) is 17.9 Å². The second-order valence-electron chi connectivity index (χ2n) is 3.58. The van der Waals surface area contributed by atoms with Gasteiger partial charge in [0.15, 0.2) is 5.82 Å². The molecule has 1 N–H and O–H groups in total. The van der Waals surface area contributed by atoms with E-state index in [1.165, 1.54) is 11.3 Å². The van der Waals surface area contributed by atoms with Gasteiger partial charge in [0.25, 0.3) is 0 Å². The third-order valence-electron chi connectivity index (χ3n) is 2.49. The molecule has 0 bridgehead atoms. The number of aromatic nitrogens is 3. The predicted octanol–water partition coefficient (Wildman–Crippen LogP) is 2.03. The SMILES string of the molecule is Cc1nnc(NCc2cscn2)c(C#N)c1C. The predicted molar refractivity (Wildman–Crippen MR) is 65.7 cm³/mol. The molecule has 0 atom stereocenters. The first-order chi connectivity index (χ1) is 8.22. The van der Waals surface area contributed by atoms with Crippen LogP contribution in [0, 0.1) is 25.2 Å². The normalized spacial score (nSPS) is 9.94. The number of anilines is 1. The minimum Gasteiger partial charge on any atom is -0.362 e. The molecule has 6 heteroatoms. The fourth-order valence-corrected chi connectivity index (χ4v) is 1.93. The zero-order valence-corrected chi connectivity index (χ0v) is 10.4. The monoisotopic (exact) mass is 245 g/mol. The van der Waals surface area contributed by atoms with Crippen molar-refractivity contribution in [2.75, 3.05) is 5.32 Å². The Morgan fingerprint density at radius 2 is 2.24 bits per heavy atom. The van der Waals surface area contributed by atoms with E-state index in [0.717, 1.165) is 17.0 Å². The van der Waals surface area contributed by atoms with Crippen molar-refractivity contribution in [2.24, 2.45) is 0 Å². The number of hydrogen-bond donors (Lipinski definition) is 1. The van der Waals surface area contributed by atoms with Gasteiger partial charge in [0.05, 0.1) is 23.4 Å². The van der Waals surface area contributed by atoms with Crippen molar-refractivity contribution in [1.29, 1.82) is 5.26 Å². The van der Waals surface area contributed by atoms with Crippen LogP contribution >= 0.6 is 11.3 Å². The summed E-state index contributed by atoms with van der Waals surface area (Å²) in [6.45, 7) is 4.26. The molecule has 17 heavy (non-hydrogen) atoms. The van der Waals surface area contributed by atoms with Crippen molar-refractivity contribution in [3.05, 3.63) is 33.4 Å². The Morgan fingerprint density at radius 1 is 1.41 bits per heavy atom. The zero-order valence-electron chi connectivity index (χ0n) is 9.56. The summed E-state index contributed by atoms with van der Waals surface area (Å²) in [5.74, 6) is 0.517. The minimum atomic E-state index is 0.517. The molecular formula is C11H11N5S. The van der Waals surface area contributed by atoms with Gasteiger partial charge < -0.3 is 5.32 Å². The molecule has 2 heterocycles. The molecule has 2 aromatic rings. The van der Waals surface area contributed by atoms with Crippen LogP contribution in [0.1, 0.15) is 22.5 Å². The average molecular weight is 245 g/mol. The average Bonchev–Trinajstić information content (AvgIpc) is 2.83. The van der Waals surface area contributed by atoms with E-state index in [1.54, 1.807) is 5.51 Å². The Balaban J connectivity index is 2.22. The van der Waals surface area contributed by atoms with Crippen LogP contribution in [0.5, 0.6) is 0 Å². The van der Waals surface area contributed by atoms with Crippen LogP contribution in [0.25, 0.3) is 0 Å². The summed E-state index contributed by atoms with van der Waals surface area (Å²) >= 11 is 1.54. The maximum Gasteiger partial charge on any atom is 0.167 e. The quantitative estimate of drug-likeness (QED) is 0.895. The fraction of sp³-hybridized carbons (Fsp3) is 0.273. The highest BCUT2D eigenvalue weighted by molar-refractivity contribution is 7.07. The Morgan fingerprint density at radius 3 is 2.88 bits per heavy atom. The van der Waals surface area contributed by atoms with Gasteiger partial charge >= 0.3 is 0 Å². The molecule has 0 amide bonds. The Labute approximate surface area is 103 Å². The first-order valence-corrected chi connectivity index (χ1v) is 6.01. The molecule has 2 aromatic heterocycles. The Kier molecular flexibility index (Phi) is 3.30. The summed E-state index contributed by atoms with van der Waals surface area (Å²) in [7, 11) is 0. The standard InChI is InChI=1S/C11H11N5S/c1-7-8(2)15-16-11(10(7)3-12)13-4-9-5-17-6-14-9/h5-6H,4H2,1-2H3,(H,13,16). The van der Waals surface area contributed by atoms with Gasteiger partial charge in [0.1, 0.15) is 11.6 Å². The molecule has 0 unspecified atom stereocenters. The summed E-state index contributed by atoms with van der Waals surface area (Å²) in [4.78, 5) is 4.15. The summed E-state index contributed by atoms with van der Waals surface area (Å²) in [5, 5.41) is 22.2. The molecule has 0 fully saturated rings. The topological polar surface area (TPSA) is 74.5 Å². The molecule has 0 aromatic carbocycles. The largest absolute Gasteiger partial charge is 0.362 e. The number of nitriles is 1. The third-order valence-corrected chi connectivity index (χ3v) is 3.12. The Hall–Kier alpha value is -2.00. The van der Waals surface area contributed by atoms with E-state index < -0.39 is 0 Å². The van der Waals surface area contributed by atoms with Gasteiger partial charge in [-0.3, -0.25) is 0 Å². The third kappa shape index (κ3) is 2.40. The van der Waals surface area contributed by atoms with Crippen molar-refractivity contribution < 1.29 is 0 Å². The molecule has 5 nitrogen and oxygen atoms in total. The summed E-state index contributed by atoms with van der Waals surface area (Å²) in [6.07, 6.45) is 0. The van der Waals surface area contributed by atoms with E-state index in [2.05, 4.69) is 26.6 Å². The van der Waals surface area contributed by atoms with Crippen LogP contribution in [0.2, 0.25) is 0 Å². The first kappa shape index (κ1) is 11.5. The van der Waals surface area contributed by atoms with Gasteiger partial charge in [-0.15, -0.1) is 16.4 Å².